The second kappa shape index (κ2) is 7.99. The molecule has 0 atom stereocenters. The highest BCUT2D eigenvalue weighted by atomic mass is 35.5. The van der Waals surface area contributed by atoms with Gasteiger partial charge in [0.25, 0.3) is 0 Å². The van der Waals surface area contributed by atoms with Gasteiger partial charge >= 0.3 is 0 Å². The van der Waals surface area contributed by atoms with E-state index in [1.807, 2.05) is 35.9 Å². The highest BCUT2D eigenvalue weighted by Crippen LogP contribution is 2.25. The topological polar surface area (TPSA) is 41.9 Å². The Morgan fingerprint density at radius 3 is 2.57 bits per heavy atom. The van der Waals surface area contributed by atoms with Crippen LogP contribution in [0.2, 0.25) is 10.0 Å². The molecule has 2 rings (SSSR count). The molecular formula is C16H20Cl2N4S. The largest absolute Gasteiger partial charge is 0.362 e. The zero-order valence-electron chi connectivity index (χ0n) is 13.4. The van der Waals surface area contributed by atoms with E-state index in [1.54, 1.807) is 0 Å². The van der Waals surface area contributed by atoms with E-state index >= 15 is 0 Å². The van der Waals surface area contributed by atoms with Crippen LogP contribution in [0.4, 0.5) is 5.82 Å². The minimum atomic E-state index is 0.512. The number of nitrogens with zero attached hydrogens (tertiary/aromatic N) is 2. The Morgan fingerprint density at radius 1 is 1.30 bits per heavy atom. The van der Waals surface area contributed by atoms with E-state index < -0.39 is 0 Å². The maximum absolute atomic E-state index is 6.22. The number of aryl methyl sites for hydroxylation is 1. The lowest BCUT2D eigenvalue weighted by atomic mass is 10.2. The third-order valence-corrected chi connectivity index (χ3v) is 4.22. The first-order valence-corrected chi connectivity index (χ1v) is 8.55. The minimum Gasteiger partial charge on any atom is -0.362 e. The van der Waals surface area contributed by atoms with Crippen LogP contribution in [0, 0.1) is 12.8 Å². The fourth-order valence-corrected chi connectivity index (χ4v) is 2.73. The van der Waals surface area contributed by atoms with E-state index in [2.05, 4.69) is 29.6 Å². The van der Waals surface area contributed by atoms with Crippen LogP contribution < -0.4 is 10.6 Å². The van der Waals surface area contributed by atoms with E-state index in [0.29, 0.717) is 33.4 Å². The molecule has 0 aliphatic rings. The molecular weight excluding hydrogens is 351 g/mol. The Morgan fingerprint density at radius 2 is 1.96 bits per heavy atom. The van der Waals surface area contributed by atoms with Gasteiger partial charge in [0.2, 0.25) is 0 Å². The maximum atomic E-state index is 6.22. The van der Waals surface area contributed by atoms with Crippen LogP contribution in [0.15, 0.2) is 24.3 Å². The number of benzene rings is 1. The standard InChI is InChI=1S/C16H20Cl2N4S/c1-10(2)8-19-16(23)20-15-7-11(3)22(21-15)9-12-13(17)5-4-6-14(12)18/h4-7,10H,8-9H2,1-3H3,(H2,19,20,21,23). The normalized spacial score (nSPS) is 10.9. The SMILES string of the molecule is Cc1cc(NC(=S)NCC(C)C)nn1Cc1c(Cl)cccc1Cl. The number of rotatable bonds is 5. The summed E-state index contributed by atoms with van der Waals surface area (Å²) < 4.78 is 1.85. The molecule has 0 bridgehead atoms. The Labute approximate surface area is 152 Å². The quantitative estimate of drug-likeness (QED) is 0.760. The Hall–Kier alpha value is -1.30. The lowest BCUT2D eigenvalue weighted by Gasteiger charge is -2.10. The second-order valence-electron chi connectivity index (χ2n) is 5.76. The summed E-state index contributed by atoms with van der Waals surface area (Å²) in [5.74, 6) is 1.23. The maximum Gasteiger partial charge on any atom is 0.171 e. The van der Waals surface area contributed by atoms with Gasteiger partial charge in [-0.15, -0.1) is 0 Å². The fraction of sp³-hybridized carbons (Fsp3) is 0.375. The summed E-state index contributed by atoms with van der Waals surface area (Å²) in [6.45, 7) is 7.57. The van der Waals surface area contributed by atoms with Gasteiger partial charge < -0.3 is 10.6 Å². The Balaban J connectivity index is 2.08. The average molecular weight is 371 g/mol. The van der Waals surface area contributed by atoms with Crippen molar-refractivity contribution in [3.05, 3.63) is 45.6 Å². The molecule has 0 aliphatic carbocycles. The monoisotopic (exact) mass is 370 g/mol. The van der Waals surface area contributed by atoms with Gasteiger partial charge in [0, 0.05) is 33.9 Å². The van der Waals surface area contributed by atoms with Crippen molar-refractivity contribution in [3.63, 3.8) is 0 Å². The van der Waals surface area contributed by atoms with Crippen molar-refractivity contribution in [1.29, 1.82) is 0 Å². The summed E-state index contributed by atoms with van der Waals surface area (Å²) in [7, 11) is 0. The first kappa shape index (κ1) is 18.0. The molecule has 0 radical (unpaired) electrons. The molecule has 0 spiro atoms. The van der Waals surface area contributed by atoms with Gasteiger partial charge in [0.15, 0.2) is 10.9 Å². The molecule has 23 heavy (non-hydrogen) atoms. The number of hydrogen-bond donors (Lipinski definition) is 2. The van der Waals surface area contributed by atoms with Crippen molar-refractivity contribution >= 4 is 46.4 Å². The van der Waals surface area contributed by atoms with E-state index in [-0.39, 0.29) is 0 Å². The summed E-state index contributed by atoms with van der Waals surface area (Å²) >= 11 is 17.7. The number of thiocarbonyl (C=S) groups is 1. The van der Waals surface area contributed by atoms with E-state index in [1.165, 1.54) is 0 Å². The van der Waals surface area contributed by atoms with Crippen LogP contribution >= 0.6 is 35.4 Å². The number of hydrogen-bond acceptors (Lipinski definition) is 2. The van der Waals surface area contributed by atoms with Crippen LogP contribution in [0.3, 0.4) is 0 Å². The summed E-state index contributed by atoms with van der Waals surface area (Å²) in [5, 5.41) is 12.6. The van der Waals surface area contributed by atoms with Gasteiger partial charge in [0.1, 0.15) is 0 Å². The van der Waals surface area contributed by atoms with Gasteiger partial charge in [-0.25, -0.2) is 0 Å². The van der Waals surface area contributed by atoms with Crippen molar-refractivity contribution in [2.24, 2.45) is 5.92 Å². The molecule has 1 aromatic heterocycles. The summed E-state index contributed by atoms with van der Waals surface area (Å²) in [6, 6.07) is 7.42. The molecule has 124 valence electrons. The smallest absolute Gasteiger partial charge is 0.171 e. The number of nitrogens with one attached hydrogen (secondary N) is 2. The zero-order valence-corrected chi connectivity index (χ0v) is 15.7. The predicted molar refractivity (Wildman–Crippen MR) is 102 cm³/mol. The molecule has 1 heterocycles. The van der Waals surface area contributed by atoms with Gasteiger partial charge in [-0.2, -0.15) is 5.10 Å². The van der Waals surface area contributed by atoms with Crippen molar-refractivity contribution in [2.45, 2.75) is 27.3 Å². The number of halogens is 2. The highest BCUT2D eigenvalue weighted by Gasteiger charge is 2.11. The first-order valence-electron chi connectivity index (χ1n) is 7.39. The van der Waals surface area contributed by atoms with Crippen molar-refractivity contribution < 1.29 is 0 Å². The lowest BCUT2D eigenvalue weighted by molar-refractivity contribution is 0.627. The van der Waals surface area contributed by atoms with E-state index in [9.17, 15) is 0 Å². The third-order valence-electron chi connectivity index (χ3n) is 3.26. The van der Waals surface area contributed by atoms with Crippen LogP contribution in [0.1, 0.15) is 25.1 Å². The van der Waals surface area contributed by atoms with Crippen LogP contribution in [-0.4, -0.2) is 21.4 Å². The summed E-state index contributed by atoms with van der Waals surface area (Å²) in [6.07, 6.45) is 0. The lowest BCUT2D eigenvalue weighted by Crippen LogP contribution is -2.31. The van der Waals surface area contributed by atoms with E-state index in [0.717, 1.165) is 17.8 Å². The molecule has 1 aromatic carbocycles. The number of anilines is 1. The van der Waals surface area contributed by atoms with Crippen molar-refractivity contribution in [2.75, 3.05) is 11.9 Å². The molecule has 0 saturated carbocycles. The Bertz CT molecular complexity index is 677. The molecule has 0 amide bonds. The molecule has 0 aliphatic heterocycles. The molecule has 2 aromatic rings. The number of aromatic nitrogens is 2. The molecule has 0 saturated heterocycles. The van der Waals surface area contributed by atoms with Crippen LogP contribution in [0.25, 0.3) is 0 Å². The zero-order chi connectivity index (χ0) is 17.0. The van der Waals surface area contributed by atoms with Crippen LogP contribution in [-0.2, 0) is 6.54 Å². The highest BCUT2D eigenvalue weighted by molar-refractivity contribution is 7.80. The average Bonchev–Trinajstić information content (AvgIpc) is 2.80. The van der Waals surface area contributed by atoms with Crippen LogP contribution in [0.5, 0.6) is 0 Å². The van der Waals surface area contributed by atoms with Gasteiger partial charge in [-0.05, 0) is 37.2 Å². The molecule has 4 nitrogen and oxygen atoms in total. The molecule has 0 fully saturated rings. The first-order chi connectivity index (χ1) is 10.9. The minimum absolute atomic E-state index is 0.512. The van der Waals surface area contributed by atoms with Crippen molar-refractivity contribution in [3.8, 4) is 0 Å². The van der Waals surface area contributed by atoms with Gasteiger partial charge in [0.05, 0.1) is 6.54 Å². The molecule has 7 heteroatoms. The fourth-order valence-electron chi connectivity index (χ4n) is 2.02. The summed E-state index contributed by atoms with van der Waals surface area (Å²) in [5.41, 5.74) is 1.85. The molecule has 0 unspecified atom stereocenters. The van der Waals surface area contributed by atoms with Gasteiger partial charge in [-0.1, -0.05) is 43.1 Å². The van der Waals surface area contributed by atoms with Crippen molar-refractivity contribution in [1.82, 2.24) is 15.1 Å². The summed E-state index contributed by atoms with van der Waals surface area (Å²) in [4.78, 5) is 0. The Kier molecular flexibility index (Phi) is 6.27. The van der Waals surface area contributed by atoms with Gasteiger partial charge in [-0.3, -0.25) is 4.68 Å². The van der Waals surface area contributed by atoms with E-state index in [4.69, 9.17) is 35.4 Å². The third kappa shape index (κ3) is 5.09. The second-order valence-corrected chi connectivity index (χ2v) is 6.98. The molecule has 2 N–H and O–H groups in total. The predicted octanol–water partition coefficient (Wildman–Crippen LogP) is 4.49.